The highest BCUT2D eigenvalue weighted by Crippen LogP contribution is 2.17. The number of benzene rings is 1. The van der Waals surface area contributed by atoms with E-state index in [2.05, 4.69) is 16.3 Å². The Kier molecular flexibility index (Phi) is 8.21. The molecule has 0 saturated heterocycles. The number of hydrogen-bond donors (Lipinski definition) is 1. The molecule has 0 saturated carbocycles. The van der Waals surface area contributed by atoms with Crippen molar-refractivity contribution in [3.63, 3.8) is 0 Å². The number of para-hydroxylation sites is 1. The fourth-order valence-corrected chi connectivity index (χ4v) is 1.66. The van der Waals surface area contributed by atoms with E-state index in [1.165, 1.54) is 5.56 Å². The lowest BCUT2D eigenvalue weighted by molar-refractivity contribution is 0.119. The molecule has 0 spiro atoms. The van der Waals surface area contributed by atoms with E-state index in [-0.39, 0.29) is 0 Å². The molecule has 1 rings (SSSR count). The minimum absolute atomic E-state index is 0.699. The predicted molar refractivity (Wildman–Crippen MR) is 78.7 cm³/mol. The molecule has 0 aliphatic heterocycles. The van der Waals surface area contributed by atoms with Gasteiger partial charge >= 0.3 is 0 Å². The van der Waals surface area contributed by atoms with Crippen LogP contribution in [0, 0.1) is 0 Å². The summed E-state index contributed by atoms with van der Waals surface area (Å²) in [5.74, 6) is 0.964. The largest absolute Gasteiger partial charge is 0.494 e. The summed E-state index contributed by atoms with van der Waals surface area (Å²) in [5.41, 5.74) is 1.19. The monoisotopic (exact) mass is 266 g/mol. The van der Waals surface area contributed by atoms with Gasteiger partial charge in [0.2, 0.25) is 0 Å². The van der Waals surface area contributed by atoms with Crippen LogP contribution in [0.25, 0.3) is 0 Å². The Balaban J connectivity index is 2.15. The number of nitrogens with zero attached hydrogens (tertiary/aromatic N) is 1. The van der Waals surface area contributed by atoms with Crippen molar-refractivity contribution in [3.05, 3.63) is 29.8 Å². The molecule has 19 heavy (non-hydrogen) atoms. The fraction of sp³-hybridized carbons (Fsp3) is 0.600. The Labute approximate surface area is 116 Å². The van der Waals surface area contributed by atoms with Crippen LogP contribution >= 0.6 is 0 Å². The van der Waals surface area contributed by atoms with Crippen LogP contribution in [0.1, 0.15) is 12.5 Å². The summed E-state index contributed by atoms with van der Waals surface area (Å²) in [6.45, 7) is 6.86. The van der Waals surface area contributed by atoms with Crippen molar-refractivity contribution in [2.45, 2.75) is 13.5 Å². The quantitative estimate of drug-likeness (QED) is 0.654. The number of hydrogen-bond acceptors (Lipinski definition) is 4. The van der Waals surface area contributed by atoms with Crippen LogP contribution < -0.4 is 10.1 Å². The van der Waals surface area contributed by atoms with Crippen molar-refractivity contribution >= 4 is 0 Å². The lowest BCUT2D eigenvalue weighted by Gasteiger charge is -2.12. The summed E-state index contributed by atoms with van der Waals surface area (Å²) < 4.78 is 11.1. The Hall–Kier alpha value is -1.10. The molecule has 1 N–H and O–H groups in total. The Bertz CT molecular complexity index is 343. The summed E-state index contributed by atoms with van der Waals surface area (Å²) in [7, 11) is 4.10. The normalized spacial score (nSPS) is 10.9. The fourth-order valence-electron chi connectivity index (χ4n) is 1.66. The molecular formula is C15H26N2O2. The molecule has 1 aromatic carbocycles. The third-order valence-electron chi connectivity index (χ3n) is 2.69. The minimum atomic E-state index is 0.699. The van der Waals surface area contributed by atoms with Crippen molar-refractivity contribution in [1.29, 1.82) is 0 Å². The predicted octanol–water partition coefficient (Wildman–Crippen LogP) is 1.75. The molecule has 0 fully saturated rings. The number of rotatable bonds is 10. The standard InChI is InChI=1S/C15H26N2O2/c1-4-19-15-8-6-5-7-14(15)13-16-9-11-18-12-10-17(2)3/h5-8,16H,4,9-13H2,1-3H3. The maximum absolute atomic E-state index is 5.58. The molecule has 0 atom stereocenters. The molecule has 4 nitrogen and oxygen atoms in total. The third kappa shape index (κ3) is 7.15. The maximum atomic E-state index is 5.58. The van der Waals surface area contributed by atoms with Crippen LogP contribution in [0.15, 0.2) is 24.3 Å². The molecule has 0 radical (unpaired) electrons. The molecule has 0 aromatic heterocycles. The van der Waals surface area contributed by atoms with Gasteiger partial charge in [-0.25, -0.2) is 0 Å². The van der Waals surface area contributed by atoms with Gasteiger partial charge < -0.3 is 19.7 Å². The average molecular weight is 266 g/mol. The Morgan fingerprint density at radius 1 is 1.16 bits per heavy atom. The number of nitrogens with one attached hydrogen (secondary N) is 1. The lowest BCUT2D eigenvalue weighted by atomic mass is 10.2. The average Bonchev–Trinajstić information content (AvgIpc) is 2.39. The molecule has 108 valence electrons. The van der Waals surface area contributed by atoms with Crippen molar-refractivity contribution in [2.75, 3.05) is 47.0 Å². The third-order valence-corrected chi connectivity index (χ3v) is 2.69. The van der Waals surface area contributed by atoms with Gasteiger partial charge in [0.25, 0.3) is 0 Å². The van der Waals surface area contributed by atoms with Gasteiger partial charge in [0.05, 0.1) is 19.8 Å². The molecule has 0 unspecified atom stereocenters. The van der Waals surface area contributed by atoms with E-state index >= 15 is 0 Å². The zero-order chi connectivity index (χ0) is 13.9. The summed E-state index contributed by atoms with van der Waals surface area (Å²) in [4.78, 5) is 2.12. The van der Waals surface area contributed by atoms with E-state index in [4.69, 9.17) is 9.47 Å². The summed E-state index contributed by atoms with van der Waals surface area (Å²) >= 11 is 0. The summed E-state index contributed by atoms with van der Waals surface area (Å²) in [6.07, 6.45) is 0. The van der Waals surface area contributed by atoms with Crippen LogP contribution in [-0.4, -0.2) is 51.9 Å². The first-order valence-electron chi connectivity index (χ1n) is 6.88. The Morgan fingerprint density at radius 2 is 1.95 bits per heavy atom. The van der Waals surface area contributed by atoms with E-state index < -0.39 is 0 Å². The SMILES string of the molecule is CCOc1ccccc1CNCCOCCN(C)C. The highest BCUT2D eigenvalue weighted by atomic mass is 16.5. The first-order chi connectivity index (χ1) is 9.24. The van der Waals surface area contributed by atoms with Crippen molar-refractivity contribution in [1.82, 2.24) is 10.2 Å². The topological polar surface area (TPSA) is 33.7 Å². The minimum Gasteiger partial charge on any atom is -0.494 e. The molecule has 0 aliphatic carbocycles. The molecular weight excluding hydrogens is 240 g/mol. The number of likely N-dealkylation sites (N-methyl/N-ethyl adjacent to an activating group) is 1. The number of ether oxygens (including phenoxy) is 2. The second-order valence-electron chi connectivity index (χ2n) is 4.63. The van der Waals surface area contributed by atoms with Gasteiger partial charge in [-0.15, -0.1) is 0 Å². The van der Waals surface area contributed by atoms with Crippen LogP contribution in [0.3, 0.4) is 0 Å². The zero-order valence-electron chi connectivity index (χ0n) is 12.3. The zero-order valence-corrected chi connectivity index (χ0v) is 12.3. The first-order valence-corrected chi connectivity index (χ1v) is 6.88. The van der Waals surface area contributed by atoms with Gasteiger partial charge in [-0.2, -0.15) is 0 Å². The molecule has 0 bridgehead atoms. The van der Waals surface area contributed by atoms with Crippen LogP contribution in [-0.2, 0) is 11.3 Å². The van der Waals surface area contributed by atoms with Gasteiger partial charge in [-0.1, -0.05) is 18.2 Å². The van der Waals surface area contributed by atoms with Gasteiger partial charge in [0.15, 0.2) is 0 Å². The second kappa shape index (κ2) is 9.78. The summed E-state index contributed by atoms with van der Waals surface area (Å²) in [6, 6.07) is 8.13. The highest BCUT2D eigenvalue weighted by Gasteiger charge is 2.01. The van der Waals surface area contributed by atoms with Crippen LogP contribution in [0.4, 0.5) is 0 Å². The van der Waals surface area contributed by atoms with Crippen LogP contribution in [0.2, 0.25) is 0 Å². The molecule has 0 heterocycles. The molecule has 0 amide bonds. The first kappa shape index (κ1) is 16.0. The molecule has 4 heteroatoms. The Morgan fingerprint density at radius 3 is 2.68 bits per heavy atom. The molecule has 0 aliphatic rings. The van der Waals surface area contributed by atoms with E-state index in [0.717, 1.165) is 38.6 Å². The van der Waals surface area contributed by atoms with Gasteiger partial charge in [-0.05, 0) is 27.1 Å². The maximum Gasteiger partial charge on any atom is 0.123 e. The van der Waals surface area contributed by atoms with E-state index in [1.54, 1.807) is 0 Å². The van der Waals surface area contributed by atoms with Gasteiger partial charge in [-0.3, -0.25) is 0 Å². The van der Waals surface area contributed by atoms with E-state index in [9.17, 15) is 0 Å². The van der Waals surface area contributed by atoms with E-state index in [0.29, 0.717) is 6.61 Å². The van der Waals surface area contributed by atoms with Crippen LogP contribution in [0.5, 0.6) is 5.75 Å². The van der Waals surface area contributed by atoms with Crippen molar-refractivity contribution in [3.8, 4) is 5.75 Å². The highest BCUT2D eigenvalue weighted by molar-refractivity contribution is 5.33. The smallest absolute Gasteiger partial charge is 0.123 e. The van der Waals surface area contributed by atoms with Gasteiger partial charge in [0, 0.05) is 25.2 Å². The summed E-state index contributed by atoms with van der Waals surface area (Å²) in [5, 5.41) is 3.37. The second-order valence-corrected chi connectivity index (χ2v) is 4.63. The van der Waals surface area contributed by atoms with E-state index in [1.807, 2.05) is 39.2 Å². The van der Waals surface area contributed by atoms with Crippen molar-refractivity contribution < 1.29 is 9.47 Å². The molecule has 1 aromatic rings. The lowest BCUT2D eigenvalue weighted by Crippen LogP contribution is -2.23. The van der Waals surface area contributed by atoms with Crippen molar-refractivity contribution in [2.24, 2.45) is 0 Å². The van der Waals surface area contributed by atoms with Gasteiger partial charge in [0.1, 0.15) is 5.75 Å².